The number of likely N-dealkylation sites (tertiary alicyclic amines) is 1. The standard InChI is InChI=1S/C19H36N4.HI/c1-3-19(11-5-6-12-19)15-21-18(20-4-2)22-16-9-13-23(14-10-16)17-7-8-17;/h16-17H,3-15H2,1-2H3,(H2,20,21,22);1H. The van der Waals surface area contributed by atoms with Gasteiger partial charge >= 0.3 is 0 Å². The Morgan fingerprint density at radius 2 is 1.75 bits per heavy atom. The molecule has 1 heterocycles. The van der Waals surface area contributed by atoms with Crippen LogP contribution in [0.4, 0.5) is 0 Å². The Balaban J connectivity index is 0.00000208. The molecule has 4 nitrogen and oxygen atoms in total. The van der Waals surface area contributed by atoms with Crippen LogP contribution in [0.1, 0.15) is 71.6 Å². The molecule has 5 heteroatoms. The van der Waals surface area contributed by atoms with Crippen LogP contribution in [0.5, 0.6) is 0 Å². The van der Waals surface area contributed by atoms with Gasteiger partial charge in [0.1, 0.15) is 0 Å². The Bertz CT molecular complexity index is 394. The number of hydrogen-bond donors (Lipinski definition) is 2. The summed E-state index contributed by atoms with van der Waals surface area (Å²) in [6.07, 6.45) is 12.2. The van der Waals surface area contributed by atoms with Crippen molar-refractivity contribution in [2.75, 3.05) is 26.2 Å². The highest BCUT2D eigenvalue weighted by Gasteiger charge is 2.33. The zero-order chi connectivity index (χ0) is 16.1. The summed E-state index contributed by atoms with van der Waals surface area (Å²) in [7, 11) is 0. The number of nitrogens with one attached hydrogen (secondary N) is 2. The molecule has 0 radical (unpaired) electrons. The molecule has 140 valence electrons. The third-order valence-corrected chi connectivity index (χ3v) is 6.26. The SMILES string of the molecule is CCNC(=NCC1(CC)CCCC1)NC1CCN(C2CC2)CC1.I. The van der Waals surface area contributed by atoms with E-state index in [0.29, 0.717) is 11.5 Å². The van der Waals surface area contributed by atoms with E-state index in [9.17, 15) is 0 Å². The summed E-state index contributed by atoms with van der Waals surface area (Å²) in [4.78, 5) is 7.67. The summed E-state index contributed by atoms with van der Waals surface area (Å²) >= 11 is 0. The van der Waals surface area contributed by atoms with E-state index in [1.807, 2.05) is 0 Å². The maximum Gasteiger partial charge on any atom is 0.191 e. The molecule has 0 aromatic carbocycles. The molecule has 3 rings (SSSR count). The lowest BCUT2D eigenvalue weighted by Gasteiger charge is -2.33. The third-order valence-electron chi connectivity index (χ3n) is 6.26. The van der Waals surface area contributed by atoms with Crippen molar-refractivity contribution < 1.29 is 0 Å². The first-order valence-corrected chi connectivity index (χ1v) is 10.0. The van der Waals surface area contributed by atoms with Crippen LogP contribution in [0.3, 0.4) is 0 Å². The van der Waals surface area contributed by atoms with E-state index in [4.69, 9.17) is 4.99 Å². The monoisotopic (exact) mass is 448 g/mol. The van der Waals surface area contributed by atoms with Gasteiger partial charge in [0.25, 0.3) is 0 Å². The maximum absolute atomic E-state index is 4.98. The molecule has 0 aromatic heterocycles. The van der Waals surface area contributed by atoms with Gasteiger partial charge < -0.3 is 15.5 Å². The van der Waals surface area contributed by atoms with Crippen molar-refractivity contribution in [1.82, 2.24) is 15.5 Å². The van der Waals surface area contributed by atoms with Crippen molar-refractivity contribution in [3.63, 3.8) is 0 Å². The highest BCUT2D eigenvalue weighted by Crippen LogP contribution is 2.41. The molecule has 24 heavy (non-hydrogen) atoms. The van der Waals surface area contributed by atoms with Crippen LogP contribution < -0.4 is 10.6 Å². The number of aliphatic imine (C=N–C) groups is 1. The first kappa shape index (κ1) is 20.3. The van der Waals surface area contributed by atoms with E-state index < -0.39 is 0 Å². The van der Waals surface area contributed by atoms with Crippen LogP contribution in [0.2, 0.25) is 0 Å². The lowest BCUT2D eigenvalue weighted by atomic mass is 9.84. The highest BCUT2D eigenvalue weighted by molar-refractivity contribution is 14.0. The average molecular weight is 448 g/mol. The molecule has 2 aliphatic carbocycles. The zero-order valence-corrected chi connectivity index (χ0v) is 18.0. The number of nitrogens with zero attached hydrogens (tertiary/aromatic N) is 2. The van der Waals surface area contributed by atoms with Crippen LogP contribution in [-0.2, 0) is 0 Å². The summed E-state index contributed by atoms with van der Waals surface area (Å²) < 4.78 is 0. The van der Waals surface area contributed by atoms with E-state index in [1.165, 1.54) is 70.9 Å². The lowest BCUT2D eigenvalue weighted by Crippen LogP contribution is -2.49. The van der Waals surface area contributed by atoms with Crippen LogP contribution in [0.25, 0.3) is 0 Å². The van der Waals surface area contributed by atoms with E-state index >= 15 is 0 Å². The number of piperidine rings is 1. The fraction of sp³-hybridized carbons (Fsp3) is 0.947. The van der Waals surface area contributed by atoms with Crippen molar-refractivity contribution in [2.24, 2.45) is 10.4 Å². The summed E-state index contributed by atoms with van der Waals surface area (Å²) in [5.74, 6) is 1.05. The minimum Gasteiger partial charge on any atom is -0.357 e. The van der Waals surface area contributed by atoms with Crippen molar-refractivity contribution in [2.45, 2.75) is 83.7 Å². The molecule has 0 amide bonds. The molecule has 0 aromatic rings. The van der Waals surface area contributed by atoms with Gasteiger partial charge in [-0.2, -0.15) is 0 Å². The van der Waals surface area contributed by atoms with Gasteiger partial charge in [-0.25, -0.2) is 0 Å². The highest BCUT2D eigenvalue weighted by atomic mass is 127. The second-order valence-corrected chi connectivity index (χ2v) is 7.94. The zero-order valence-electron chi connectivity index (χ0n) is 15.6. The summed E-state index contributed by atoms with van der Waals surface area (Å²) in [5, 5.41) is 7.18. The molecule has 0 atom stereocenters. The molecule has 2 saturated carbocycles. The van der Waals surface area contributed by atoms with Gasteiger partial charge in [-0.05, 0) is 57.3 Å². The Kier molecular flexibility index (Phi) is 8.11. The molecule has 0 unspecified atom stereocenters. The average Bonchev–Trinajstić information content (AvgIpc) is 3.32. The Morgan fingerprint density at radius 1 is 1.08 bits per heavy atom. The normalized spacial score (nSPS) is 25.3. The molecule has 0 bridgehead atoms. The van der Waals surface area contributed by atoms with Gasteiger partial charge in [0.05, 0.1) is 0 Å². The predicted molar refractivity (Wildman–Crippen MR) is 113 cm³/mol. The molecule has 2 N–H and O–H groups in total. The van der Waals surface area contributed by atoms with Crippen LogP contribution in [0, 0.1) is 5.41 Å². The fourth-order valence-electron chi connectivity index (χ4n) is 4.36. The van der Waals surface area contributed by atoms with Gasteiger partial charge in [0.15, 0.2) is 5.96 Å². The molecule has 1 saturated heterocycles. The Morgan fingerprint density at radius 3 is 2.29 bits per heavy atom. The molecule has 3 aliphatic rings. The summed E-state index contributed by atoms with van der Waals surface area (Å²) in [5.41, 5.74) is 0.484. The number of rotatable bonds is 6. The second kappa shape index (κ2) is 9.60. The summed E-state index contributed by atoms with van der Waals surface area (Å²) in [6.45, 7) is 8.99. The molecule has 0 spiro atoms. The van der Waals surface area contributed by atoms with E-state index in [1.54, 1.807) is 0 Å². The number of hydrogen-bond acceptors (Lipinski definition) is 2. The lowest BCUT2D eigenvalue weighted by molar-refractivity contribution is 0.197. The van der Waals surface area contributed by atoms with Gasteiger partial charge in [-0.1, -0.05) is 19.8 Å². The minimum atomic E-state index is 0. The Labute approximate surface area is 165 Å². The van der Waals surface area contributed by atoms with Gasteiger partial charge in [-0.15, -0.1) is 24.0 Å². The molecule has 3 fully saturated rings. The molecule has 1 aliphatic heterocycles. The van der Waals surface area contributed by atoms with Gasteiger partial charge in [0.2, 0.25) is 0 Å². The Hall–Kier alpha value is -0.0400. The quantitative estimate of drug-likeness (QED) is 0.369. The van der Waals surface area contributed by atoms with E-state index in [-0.39, 0.29) is 24.0 Å². The van der Waals surface area contributed by atoms with E-state index in [0.717, 1.165) is 25.1 Å². The second-order valence-electron chi connectivity index (χ2n) is 7.94. The van der Waals surface area contributed by atoms with Crippen LogP contribution >= 0.6 is 24.0 Å². The third kappa shape index (κ3) is 5.48. The van der Waals surface area contributed by atoms with Crippen LogP contribution in [-0.4, -0.2) is 49.1 Å². The molecular formula is C19H37IN4. The van der Waals surface area contributed by atoms with Crippen molar-refractivity contribution in [3.05, 3.63) is 0 Å². The van der Waals surface area contributed by atoms with E-state index in [2.05, 4.69) is 29.4 Å². The number of halogens is 1. The first-order valence-electron chi connectivity index (χ1n) is 10.0. The largest absolute Gasteiger partial charge is 0.357 e. The topological polar surface area (TPSA) is 39.7 Å². The maximum atomic E-state index is 4.98. The van der Waals surface area contributed by atoms with Crippen molar-refractivity contribution in [3.8, 4) is 0 Å². The first-order chi connectivity index (χ1) is 11.2. The van der Waals surface area contributed by atoms with Gasteiger partial charge in [0, 0.05) is 38.3 Å². The fourth-order valence-corrected chi connectivity index (χ4v) is 4.36. The molecular weight excluding hydrogens is 411 g/mol. The smallest absolute Gasteiger partial charge is 0.191 e. The van der Waals surface area contributed by atoms with Crippen molar-refractivity contribution >= 4 is 29.9 Å². The number of guanidine groups is 1. The van der Waals surface area contributed by atoms with Gasteiger partial charge in [-0.3, -0.25) is 4.99 Å². The minimum absolute atomic E-state index is 0. The van der Waals surface area contributed by atoms with Crippen molar-refractivity contribution in [1.29, 1.82) is 0 Å². The predicted octanol–water partition coefficient (Wildman–Crippen LogP) is 3.76. The summed E-state index contributed by atoms with van der Waals surface area (Å²) in [6, 6.07) is 1.52. The van der Waals surface area contributed by atoms with Crippen LogP contribution in [0.15, 0.2) is 4.99 Å².